The molecular formula is C15H20N4. The molecule has 0 aromatic carbocycles. The van der Waals surface area contributed by atoms with E-state index in [1.807, 2.05) is 18.6 Å². The molecule has 0 bridgehead atoms. The Morgan fingerprint density at radius 3 is 2.84 bits per heavy atom. The number of aromatic amines is 1. The third-order valence-corrected chi connectivity index (χ3v) is 4.15. The average Bonchev–Trinajstić information content (AvgIpc) is 3.02. The van der Waals surface area contributed by atoms with E-state index in [9.17, 15) is 0 Å². The standard InChI is InChI=1S/C15H20N4/c1-12(13-4-7-16-8-5-13)19-10-2-3-14(11-19)15-6-9-17-18-15/h4-9,12,14H,2-3,10-11H2,1H3,(H,17,18)/t12-,14+/m0/s1. The fourth-order valence-corrected chi connectivity index (χ4v) is 2.96. The van der Waals surface area contributed by atoms with E-state index >= 15 is 0 Å². The Morgan fingerprint density at radius 1 is 1.26 bits per heavy atom. The lowest BCUT2D eigenvalue weighted by Gasteiger charge is -2.36. The van der Waals surface area contributed by atoms with Crippen molar-refractivity contribution in [3.8, 4) is 0 Å². The van der Waals surface area contributed by atoms with Gasteiger partial charge < -0.3 is 0 Å². The van der Waals surface area contributed by atoms with Crippen LogP contribution in [0.25, 0.3) is 0 Å². The number of hydrogen-bond donors (Lipinski definition) is 1. The van der Waals surface area contributed by atoms with Crippen LogP contribution < -0.4 is 0 Å². The van der Waals surface area contributed by atoms with E-state index < -0.39 is 0 Å². The summed E-state index contributed by atoms with van der Waals surface area (Å²) >= 11 is 0. The fraction of sp³-hybridized carbons (Fsp3) is 0.467. The number of rotatable bonds is 3. The maximum absolute atomic E-state index is 4.10. The van der Waals surface area contributed by atoms with Crippen molar-refractivity contribution < 1.29 is 0 Å². The summed E-state index contributed by atoms with van der Waals surface area (Å²) in [5.74, 6) is 0.584. The summed E-state index contributed by atoms with van der Waals surface area (Å²) in [7, 11) is 0. The molecule has 1 aliphatic rings. The van der Waals surface area contributed by atoms with Crippen LogP contribution in [0, 0.1) is 0 Å². The normalized spacial score (nSPS) is 22.3. The van der Waals surface area contributed by atoms with Crippen molar-refractivity contribution in [3.63, 3.8) is 0 Å². The number of H-pyrrole nitrogens is 1. The van der Waals surface area contributed by atoms with Crippen LogP contribution in [-0.4, -0.2) is 33.2 Å². The van der Waals surface area contributed by atoms with Gasteiger partial charge in [-0.1, -0.05) is 0 Å². The first kappa shape index (κ1) is 12.4. The van der Waals surface area contributed by atoms with Crippen molar-refractivity contribution in [2.24, 2.45) is 0 Å². The van der Waals surface area contributed by atoms with Crippen molar-refractivity contribution in [3.05, 3.63) is 48.0 Å². The zero-order chi connectivity index (χ0) is 13.1. The number of likely N-dealkylation sites (tertiary alicyclic amines) is 1. The van der Waals surface area contributed by atoms with Crippen LogP contribution in [0.3, 0.4) is 0 Å². The van der Waals surface area contributed by atoms with Crippen molar-refractivity contribution >= 4 is 0 Å². The van der Waals surface area contributed by atoms with Gasteiger partial charge in [-0.3, -0.25) is 15.0 Å². The number of nitrogens with one attached hydrogen (secondary N) is 1. The third kappa shape index (κ3) is 2.68. The summed E-state index contributed by atoms with van der Waals surface area (Å²) in [6.45, 7) is 4.56. The Hall–Kier alpha value is -1.68. The molecule has 1 saturated heterocycles. The van der Waals surface area contributed by atoms with Crippen LogP contribution >= 0.6 is 0 Å². The molecule has 4 heteroatoms. The van der Waals surface area contributed by atoms with Crippen LogP contribution in [0.2, 0.25) is 0 Å². The van der Waals surface area contributed by atoms with Gasteiger partial charge in [0.15, 0.2) is 0 Å². The van der Waals surface area contributed by atoms with E-state index in [1.165, 1.54) is 30.6 Å². The molecule has 4 nitrogen and oxygen atoms in total. The Balaban J connectivity index is 1.71. The highest BCUT2D eigenvalue weighted by Crippen LogP contribution is 2.30. The van der Waals surface area contributed by atoms with E-state index in [0.29, 0.717) is 12.0 Å². The molecule has 0 unspecified atom stereocenters. The molecule has 3 heterocycles. The second-order valence-corrected chi connectivity index (χ2v) is 5.30. The minimum atomic E-state index is 0.453. The zero-order valence-corrected chi connectivity index (χ0v) is 11.3. The summed E-state index contributed by atoms with van der Waals surface area (Å²) in [6, 6.07) is 6.79. The maximum Gasteiger partial charge on any atom is 0.0490 e. The van der Waals surface area contributed by atoms with Gasteiger partial charge in [0, 0.05) is 42.8 Å². The molecule has 0 saturated carbocycles. The Labute approximate surface area is 113 Å². The van der Waals surface area contributed by atoms with E-state index in [1.54, 1.807) is 0 Å². The second-order valence-electron chi connectivity index (χ2n) is 5.30. The van der Waals surface area contributed by atoms with Gasteiger partial charge in [-0.15, -0.1) is 0 Å². The van der Waals surface area contributed by atoms with Gasteiger partial charge in [0.05, 0.1) is 0 Å². The monoisotopic (exact) mass is 256 g/mol. The first-order valence-corrected chi connectivity index (χ1v) is 6.98. The second kappa shape index (κ2) is 5.53. The average molecular weight is 256 g/mol. The molecule has 1 fully saturated rings. The van der Waals surface area contributed by atoms with Crippen LogP contribution in [0.4, 0.5) is 0 Å². The zero-order valence-electron chi connectivity index (χ0n) is 11.3. The quantitative estimate of drug-likeness (QED) is 0.918. The third-order valence-electron chi connectivity index (χ3n) is 4.15. The fourth-order valence-electron chi connectivity index (χ4n) is 2.96. The number of piperidine rings is 1. The molecule has 100 valence electrons. The van der Waals surface area contributed by atoms with Crippen LogP contribution in [0.5, 0.6) is 0 Å². The highest BCUT2D eigenvalue weighted by molar-refractivity contribution is 5.15. The van der Waals surface area contributed by atoms with Crippen LogP contribution in [0.1, 0.15) is 43.0 Å². The number of hydrogen-bond acceptors (Lipinski definition) is 3. The molecule has 0 amide bonds. The molecule has 0 radical (unpaired) electrons. The lowest BCUT2D eigenvalue weighted by atomic mass is 9.93. The molecule has 2 aromatic heterocycles. The maximum atomic E-state index is 4.10. The van der Waals surface area contributed by atoms with Gasteiger partial charge in [0.1, 0.15) is 0 Å². The number of aromatic nitrogens is 3. The van der Waals surface area contributed by atoms with Gasteiger partial charge in [-0.05, 0) is 50.1 Å². The van der Waals surface area contributed by atoms with Crippen molar-refractivity contribution in [2.75, 3.05) is 13.1 Å². The van der Waals surface area contributed by atoms with E-state index in [0.717, 1.165) is 6.54 Å². The van der Waals surface area contributed by atoms with Gasteiger partial charge in [-0.2, -0.15) is 5.10 Å². The van der Waals surface area contributed by atoms with E-state index in [4.69, 9.17) is 0 Å². The van der Waals surface area contributed by atoms with Crippen molar-refractivity contribution in [2.45, 2.75) is 31.7 Å². The lowest BCUT2D eigenvalue weighted by Crippen LogP contribution is -2.36. The Kier molecular flexibility index (Phi) is 3.60. The van der Waals surface area contributed by atoms with Crippen LogP contribution in [0.15, 0.2) is 36.8 Å². The first-order chi connectivity index (χ1) is 9.34. The molecule has 1 N–H and O–H groups in total. The molecule has 19 heavy (non-hydrogen) atoms. The topological polar surface area (TPSA) is 44.8 Å². The van der Waals surface area contributed by atoms with Crippen molar-refractivity contribution in [1.29, 1.82) is 0 Å². The predicted octanol–water partition coefficient (Wildman–Crippen LogP) is 2.75. The molecule has 0 spiro atoms. The van der Waals surface area contributed by atoms with Gasteiger partial charge in [-0.25, -0.2) is 0 Å². The van der Waals surface area contributed by atoms with Gasteiger partial charge in [0.25, 0.3) is 0 Å². The van der Waals surface area contributed by atoms with Crippen LogP contribution in [-0.2, 0) is 0 Å². The molecule has 1 aliphatic heterocycles. The summed E-state index contributed by atoms with van der Waals surface area (Å²) < 4.78 is 0. The highest BCUT2D eigenvalue weighted by Gasteiger charge is 2.25. The predicted molar refractivity (Wildman–Crippen MR) is 74.8 cm³/mol. The first-order valence-electron chi connectivity index (χ1n) is 6.98. The highest BCUT2D eigenvalue weighted by atomic mass is 15.2. The molecule has 0 aliphatic carbocycles. The molecule has 2 atom stereocenters. The SMILES string of the molecule is C[C@@H](c1ccncc1)N1CCC[C@@H](c2ccn[nH]2)C1. The smallest absolute Gasteiger partial charge is 0.0490 e. The lowest BCUT2D eigenvalue weighted by molar-refractivity contribution is 0.157. The Bertz CT molecular complexity index is 494. The van der Waals surface area contributed by atoms with Gasteiger partial charge >= 0.3 is 0 Å². The molecular weight excluding hydrogens is 236 g/mol. The Morgan fingerprint density at radius 2 is 2.11 bits per heavy atom. The van der Waals surface area contributed by atoms with E-state index in [-0.39, 0.29) is 0 Å². The minimum Gasteiger partial charge on any atom is -0.296 e. The summed E-state index contributed by atoms with van der Waals surface area (Å²) in [4.78, 5) is 6.66. The molecule has 3 rings (SSSR count). The number of pyridine rings is 1. The summed E-state index contributed by atoms with van der Waals surface area (Å²) in [6.07, 6.45) is 8.10. The van der Waals surface area contributed by atoms with Gasteiger partial charge in [0.2, 0.25) is 0 Å². The largest absolute Gasteiger partial charge is 0.296 e. The summed E-state index contributed by atoms with van der Waals surface area (Å²) in [5.41, 5.74) is 2.62. The minimum absolute atomic E-state index is 0.453. The van der Waals surface area contributed by atoms with E-state index in [2.05, 4.69) is 45.2 Å². The molecule has 2 aromatic rings. The number of nitrogens with zero attached hydrogens (tertiary/aromatic N) is 3. The van der Waals surface area contributed by atoms with Crippen molar-refractivity contribution in [1.82, 2.24) is 20.1 Å². The summed E-state index contributed by atoms with van der Waals surface area (Å²) in [5, 5.41) is 7.19.